The minimum atomic E-state index is -0.0456. The van der Waals surface area contributed by atoms with E-state index in [-0.39, 0.29) is 17.9 Å². The number of likely N-dealkylation sites (tertiary alicyclic amines) is 1. The minimum absolute atomic E-state index is 0.00894. The average Bonchev–Trinajstić information content (AvgIpc) is 2.68. The lowest BCUT2D eigenvalue weighted by atomic mass is 10.0. The molecule has 2 aromatic carbocycles. The molecule has 1 aliphatic heterocycles. The molecule has 0 atom stereocenters. The zero-order valence-corrected chi connectivity index (χ0v) is 16.7. The number of thiol groups is 1. The lowest BCUT2D eigenvalue weighted by molar-refractivity contribution is 0.0695. The second-order valence-corrected chi connectivity index (χ2v) is 7.82. The smallest absolute Gasteiger partial charge is 0.254 e. The number of amides is 2. The van der Waals surface area contributed by atoms with Crippen LogP contribution in [0.15, 0.2) is 53.4 Å². The van der Waals surface area contributed by atoms with Gasteiger partial charge < -0.3 is 10.2 Å². The molecule has 0 radical (unpaired) electrons. The van der Waals surface area contributed by atoms with Crippen LogP contribution in [0.4, 0.5) is 0 Å². The number of carbonyl (C=O) groups is 2. The van der Waals surface area contributed by atoms with Crippen LogP contribution in [0.1, 0.15) is 58.9 Å². The third kappa shape index (κ3) is 4.72. The fourth-order valence-corrected chi connectivity index (χ4v) is 3.60. The Morgan fingerprint density at radius 3 is 2.26 bits per heavy atom. The summed E-state index contributed by atoms with van der Waals surface area (Å²) < 4.78 is 0. The zero-order valence-electron chi connectivity index (χ0n) is 15.8. The highest BCUT2D eigenvalue weighted by Crippen LogP contribution is 2.19. The van der Waals surface area contributed by atoms with Gasteiger partial charge in [-0.05, 0) is 48.6 Å². The number of rotatable bonds is 4. The lowest BCUT2D eigenvalue weighted by Crippen LogP contribution is -2.46. The van der Waals surface area contributed by atoms with Gasteiger partial charge in [0.05, 0.1) is 5.56 Å². The summed E-state index contributed by atoms with van der Waals surface area (Å²) >= 11 is 4.38. The van der Waals surface area contributed by atoms with Crippen molar-refractivity contribution in [1.29, 1.82) is 0 Å². The molecule has 1 aliphatic rings. The summed E-state index contributed by atoms with van der Waals surface area (Å²) in [6, 6.07) is 15.2. The van der Waals surface area contributed by atoms with E-state index in [1.54, 1.807) is 6.07 Å². The van der Waals surface area contributed by atoms with Crippen LogP contribution in [0.2, 0.25) is 0 Å². The maximum atomic E-state index is 12.6. The van der Waals surface area contributed by atoms with Crippen molar-refractivity contribution in [3.8, 4) is 0 Å². The maximum absolute atomic E-state index is 12.6. The molecule has 5 heteroatoms. The summed E-state index contributed by atoms with van der Waals surface area (Å²) in [5, 5.41) is 3.10. The molecule has 2 amide bonds. The predicted octanol–water partition coefficient (Wildman–Crippen LogP) is 4.13. The SMILES string of the molecule is CC(C)c1ccc(C(=O)NC2CCN(C(=O)c3ccccc3S)CC2)cc1. The fraction of sp³-hybridized carbons (Fsp3) is 0.364. The second kappa shape index (κ2) is 8.61. The van der Waals surface area contributed by atoms with E-state index in [1.807, 2.05) is 47.4 Å². The van der Waals surface area contributed by atoms with E-state index in [1.165, 1.54) is 5.56 Å². The standard InChI is InChI=1S/C22H26N2O2S/c1-15(2)16-7-9-17(10-8-16)21(25)23-18-11-13-24(14-12-18)22(26)19-5-3-4-6-20(19)27/h3-10,15,18,27H,11-14H2,1-2H3,(H,23,25). The summed E-state index contributed by atoms with van der Waals surface area (Å²) in [6.07, 6.45) is 1.52. The van der Waals surface area contributed by atoms with Gasteiger partial charge in [0.25, 0.3) is 11.8 Å². The first kappa shape index (κ1) is 19.5. The molecule has 4 nitrogen and oxygen atoms in total. The van der Waals surface area contributed by atoms with Crippen molar-refractivity contribution < 1.29 is 9.59 Å². The van der Waals surface area contributed by atoms with E-state index in [0.29, 0.717) is 35.0 Å². The number of piperidine rings is 1. The summed E-state index contributed by atoms with van der Waals surface area (Å²) in [4.78, 5) is 27.7. The van der Waals surface area contributed by atoms with Gasteiger partial charge in [0, 0.05) is 29.6 Å². The Labute approximate surface area is 166 Å². The molecule has 0 saturated carbocycles. The normalized spacial score (nSPS) is 15.0. The van der Waals surface area contributed by atoms with Crippen LogP contribution in [-0.4, -0.2) is 35.8 Å². The molecule has 0 aromatic heterocycles. The van der Waals surface area contributed by atoms with Gasteiger partial charge in [-0.2, -0.15) is 0 Å². The first-order valence-electron chi connectivity index (χ1n) is 9.44. The Morgan fingerprint density at radius 1 is 1.04 bits per heavy atom. The van der Waals surface area contributed by atoms with Crippen LogP contribution >= 0.6 is 12.6 Å². The molecule has 0 bridgehead atoms. The quantitative estimate of drug-likeness (QED) is 0.781. The molecular weight excluding hydrogens is 356 g/mol. The van der Waals surface area contributed by atoms with E-state index >= 15 is 0 Å². The second-order valence-electron chi connectivity index (χ2n) is 7.33. The van der Waals surface area contributed by atoms with Crippen LogP contribution in [0, 0.1) is 0 Å². The molecule has 0 aliphatic carbocycles. The third-order valence-electron chi connectivity index (χ3n) is 5.09. The van der Waals surface area contributed by atoms with Gasteiger partial charge in [-0.1, -0.05) is 38.1 Å². The Bertz CT molecular complexity index is 809. The molecule has 27 heavy (non-hydrogen) atoms. The summed E-state index contributed by atoms with van der Waals surface area (Å²) in [5.74, 6) is 0.414. The number of hydrogen-bond donors (Lipinski definition) is 2. The van der Waals surface area contributed by atoms with Gasteiger partial charge in [0.15, 0.2) is 0 Å². The fourth-order valence-electron chi connectivity index (χ4n) is 3.34. The number of benzene rings is 2. The largest absolute Gasteiger partial charge is 0.349 e. The third-order valence-corrected chi connectivity index (χ3v) is 5.48. The molecule has 0 unspecified atom stereocenters. The molecule has 1 fully saturated rings. The van der Waals surface area contributed by atoms with Gasteiger partial charge in [-0.25, -0.2) is 0 Å². The highest BCUT2D eigenvalue weighted by Gasteiger charge is 2.25. The lowest BCUT2D eigenvalue weighted by Gasteiger charge is -2.32. The van der Waals surface area contributed by atoms with E-state index in [9.17, 15) is 9.59 Å². The number of nitrogens with one attached hydrogen (secondary N) is 1. The Kier molecular flexibility index (Phi) is 6.22. The van der Waals surface area contributed by atoms with E-state index in [2.05, 4.69) is 31.8 Å². The van der Waals surface area contributed by atoms with Crippen molar-refractivity contribution >= 4 is 24.4 Å². The Balaban J connectivity index is 1.54. The molecule has 2 aromatic rings. The number of nitrogens with zero attached hydrogens (tertiary/aromatic N) is 1. The van der Waals surface area contributed by atoms with Crippen molar-refractivity contribution in [2.75, 3.05) is 13.1 Å². The predicted molar refractivity (Wildman–Crippen MR) is 111 cm³/mol. The molecule has 1 N–H and O–H groups in total. The van der Waals surface area contributed by atoms with E-state index < -0.39 is 0 Å². The van der Waals surface area contributed by atoms with Gasteiger partial charge >= 0.3 is 0 Å². The van der Waals surface area contributed by atoms with Crippen LogP contribution in [-0.2, 0) is 0 Å². The molecule has 1 heterocycles. The van der Waals surface area contributed by atoms with Crippen molar-refractivity contribution in [1.82, 2.24) is 10.2 Å². The zero-order chi connectivity index (χ0) is 19.4. The molecule has 3 rings (SSSR count). The summed E-state index contributed by atoms with van der Waals surface area (Å²) in [5.41, 5.74) is 2.54. The van der Waals surface area contributed by atoms with Crippen molar-refractivity contribution in [2.45, 2.75) is 43.5 Å². The first-order chi connectivity index (χ1) is 13.0. The number of hydrogen-bond acceptors (Lipinski definition) is 3. The van der Waals surface area contributed by atoms with Crippen LogP contribution in [0.3, 0.4) is 0 Å². The van der Waals surface area contributed by atoms with Crippen LogP contribution < -0.4 is 5.32 Å². The van der Waals surface area contributed by atoms with Crippen molar-refractivity contribution in [3.05, 3.63) is 65.2 Å². The van der Waals surface area contributed by atoms with Gasteiger partial charge in [0.2, 0.25) is 0 Å². The topological polar surface area (TPSA) is 49.4 Å². The minimum Gasteiger partial charge on any atom is -0.349 e. The van der Waals surface area contributed by atoms with Gasteiger partial charge in [-0.3, -0.25) is 9.59 Å². The Morgan fingerprint density at radius 2 is 1.67 bits per heavy atom. The van der Waals surface area contributed by atoms with Crippen LogP contribution in [0.25, 0.3) is 0 Å². The highest BCUT2D eigenvalue weighted by molar-refractivity contribution is 7.80. The summed E-state index contributed by atoms with van der Waals surface area (Å²) in [7, 11) is 0. The summed E-state index contributed by atoms with van der Waals surface area (Å²) in [6.45, 7) is 5.54. The number of carbonyl (C=O) groups excluding carboxylic acids is 2. The highest BCUT2D eigenvalue weighted by atomic mass is 32.1. The molecule has 0 spiro atoms. The van der Waals surface area contributed by atoms with Crippen molar-refractivity contribution in [3.63, 3.8) is 0 Å². The maximum Gasteiger partial charge on any atom is 0.254 e. The van der Waals surface area contributed by atoms with Crippen LogP contribution in [0.5, 0.6) is 0 Å². The van der Waals surface area contributed by atoms with E-state index in [4.69, 9.17) is 0 Å². The van der Waals surface area contributed by atoms with E-state index in [0.717, 1.165) is 12.8 Å². The van der Waals surface area contributed by atoms with Crippen molar-refractivity contribution in [2.24, 2.45) is 0 Å². The molecule has 142 valence electrons. The Hall–Kier alpha value is -2.27. The monoisotopic (exact) mass is 382 g/mol. The molecule has 1 saturated heterocycles. The first-order valence-corrected chi connectivity index (χ1v) is 9.88. The average molecular weight is 383 g/mol. The molecular formula is C22H26N2O2S. The van der Waals surface area contributed by atoms with Gasteiger partial charge in [-0.15, -0.1) is 12.6 Å². The van der Waals surface area contributed by atoms with Gasteiger partial charge in [0.1, 0.15) is 0 Å².